The second kappa shape index (κ2) is 7.72. The van der Waals surface area contributed by atoms with E-state index in [0.29, 0.717) is 0 Å². The maximum absolute atomic E-state index is 11.2. The molecule has 2 unspecified atom stereocenters. The Morgan fingerprint density at radius 3 is 2.10 bits per heavy atom. The van der Waals surface area contributed by atoms with E-state index in [1.54, 1.807) is 0 Å². The van der Waals surface area contributed by atoms with E-state index in [2.05, 4.69) is 20.3 Å². The second-order valence-electron chi connectivity index (χ2n) is 4.16. The molecule has 0 aliphatic heterocycles. The van der Waals surface area contributed by atoms with Crippen molar-refractivity contribution in [3.63, 3.8) is 0 Å². The minimum atomic E-state index is -1.36. The van der Waals surface area contributed by atoms with Crippen molar-refractivity contribution >= 4 is 23.9 Å². The number of aliphatic carboxylic acids is 3. The van der Waals surface area contributed by atoms with Crippen molar-refractivity contribution in [3.8, 4) is 0 Å². The molecule has 0 saturated heterocycles. The van der Waals surface area contributed by atoms with Gasteiger partial charge in [-0.2, -0.15) is 0 Å². The fourth-order valence-electron chi connectivity index (χ4n) is 1.71. The summed E-state index contributed by atoms with van der Waals surface area (Å²) in [6.07, 6.45) is 1.70. The highest BCUT2D eigenvalue weighted by Crippen LogP contribution is 2.19. The van der Waals surface area contributed by atoms with Gasteiger partial charge in [-0.1, -0.05) is 0 Å². The zero-order valence-corrected chi connectivity index (χ0v) is 10.8. The Hall–Kier alpha value is -2.78. The molecular weight excluding hydrogens is 284 g/mol. The lowest BCUT2D eigenvalue weighted by atomic mass is 9.88. The molecule has 1 aromatic heterocycles. The number of carbonyl (C=O) groups is 3. The molecule has 21 heavy (non-hydrogen) atoms. The van der Waals surface area contributed by atoms with Gasteiger partial charge in [-0.3, -0.25) is 14.4 Å². The summed E-state index contributed by atoms with van der Waals surface area (Å²) < 4.78 is 0. The third kappa shape index (κ3) is 5.38. The Kier molecular flexibility index (Phi) is 5.99. The van der Waals surface area contributed by atoms with Crippen molar-refractivity contribution in [2.24, 2.45) is 11.8 Å². The van der Waals surface area contributed by atoms with Crippen LogP contribution >= 0.6 is 0 Å². The summed E-state index contributed by atoms with van der Waals surface area (Å²) in [7, 11) is 0. The van der Waals surface area contributed by atoms with E-state index in [4.69, 9.17) is 15.3 Å². The summed E-state index contributed by atoms with van der Waals surface area (Å²) in [6.45, 7) is -0.240. The van der Waals surface area contributed by atoms with Crippen molar-refractivity contribution < 1.29 is 29.7 Å². The van der Waals surface area contributed by atoms with Gasteiger partial charge in [-0.25, -0.2) is 15.0 Å². The number of hydrogen-bond acceptors (Lipinski definition) is 7. The lowest BCUT2D eigenvalue weighted by molar-refractivity contribution is -0.154. The molecule has 0 fully saturated rings. The topological polar surface area (TPSA) is 163 Å². The highest BCUT2D eigenvalue weighted by atomic mass is 16.4. The van der Waals surface area contributed by atoms with Crippen molar-refractivity contribution in [3.05, 3.63) is 12.7 Å². The van der Waals surface area contributed by atoms with Gasteiger partial charge in [0.1, 0.15) is 12.7 Å². The number of carboxylic acid groups (broad SMARTS) is 3. The molecule has 0 radical (unpaired) electrons. The molecule has 1 rings (SSSR count). The van der Waals surface area contributed by atoms with Crippen LogP contribution in [0.2, 0.25) is 0 Å². The van der Waals surface area contributed by atoms with E-state index < -0.39 is 36.2 Å². The van der Waals surface area contributed by atoms with Crippen LogP contribution in [0, 0.1) is 11.8 Å². The Balaban J connectivity index is 2.74. The summed E-state index contributed by atoms with van der Waals surface area (Å²) in [4.78, 5) is 43.9. The number of rotatable bonds is 9. The van der Waals surface area contributed by atoms with Gasteiger partial charge in [-0.15, -0.1) is 0 Å². The van der Waals surface area contributed by atoms with Gasteiger partial charge in [0.25, 0.3) is 0 Å². The van der Waals surface area contributed by atoms with E-state index >= 15 is 0 Å². The summed E-state index contributed by atoms with van der Waals surface area (Å²) in [5.41, 5.74) is 0. The minimum absolute atomic E-state index is 0.110. The Bertz CT molecular complexity index is 509. The molecule has 4 N–H and O–H groups in total. The van der Waals surface area contributed by atoms with Crippen LogP contribution in [0.15, 0.2) is 12.7 Å². The van der Waals surface area contributed by atoms with Crippen LogP contribution in [-0.2, 0) is 14.4 Å². The summed E-state index contributed by atoms with van der Waals surface area (Å²) in [6, 6.07) is 0. The monoisotopic (exact) mass is 298 g/mol. The second-order valence-corrected chi connectivity index (χ2v) is 4.16. The lowest BCUT2D eigenvalue weighted by Gasteiger charge is -2.20. The smallest absolute Gasteiger partial charge is 0.309 e. The molecular formula is C11H14N4O6. The summed E-state index contributed by atoms with van der Waals surface area (Å²) in [5, 5.41) is 29.4. The average Bonchev–Trinajstić information content (AvgIpc) is 2.42. The van der Waals surface area contributed by atoms with Gasteiger partial charge in [-0.05, 0) is 6.42 Å². The SMILES string of the molecule is O=C(O)CCC(C(=O)O)C(CNc1ncncn1)C(=O)O. The highest BCUT2D eigenvalue weighted by molar-refractivity contribution is 5.81. The van der Waals surface area contributed by atoms with Crippen molar-refractivity contribution in [2.75, 3.05) is 11.9 Å². The van der Waals surface area contributed by atoms with Gasteiger partial charge >= 0.3 is 17.9 Å². The molecule has 0 amide bonds. The predicted molar refractivity (Wildman–Crippen MR) is 67.4 cm³/mol. The summed E-state index contributed by atoms with van der Waals surface area (Å²) >= 11 is 0. The fourth-order valence-corrected chi connectivity index (χ4v) is 1.71. The first-order chi connectivity index (χ1) is 9.91. The molecule has 0 bridgehead atoms. The molecule has 10 heteroatoms. The maximum atomic E-state index is 11.2. The third-order valence-corrected chi connectivity index (χ3v) is 2.76. The first-order valence-electron chi connectivity index (χ1n) is 5.95. The van der Waals surface area contributed by atoms with E-state index in [1.165, 1.54) is 12.7 Å². The van der Waals surface area contributed by atoms with Gasteiger partial charge < -0.3 is 20.6 Å². The first kappa shape index (κ1) is 16.3. The van der Waals surface area contributed by atoms with Crippen LogP contribution in [0.4, 0.5) is 5.95 Å². The van der Waals surface area contributed by atoms with Gasteiger partial charge in [0, 0.05) is 13.0 Å². The first-order valence-corrected chi connectivity index (χ1v) is 5.95. The molecule has 1 aromatic rings. The standard InChI is InChI=1S/C11H14N4O6/c16-8(17)2-1-6(9(18)19)7(10(20)21)3-13-11-14-4-12-5-15-11/h4-7H,1-3H2,(H,16,17)(H,18,19)(H,20,21)(H,12,13,14,15). The van der Waals surface area contributed by atoms with Gasteiger partial charge in [0.2, 0.25) is 5.95 Å². The van der Waals surface area contributed by atoms with Gasteiger partial charge in [0.15, 0.2) is 0 Å². The van der Waals surface area contributed by atoms with E-state index in [-0.39, 0.29) is 18.9 Å². The maximum Gasteiger partial charge on any atom is 0.309 e. The predicted octanol–water partition coefficient (Wildman–Crippen LogP) is -0.450. The number of hydrogen-bond donors (Lipinski definition) is 4. The van der Waals surface area contributed by atoms with Crippen LogP contribution in [0.25, 0.3) is 0 Å². The van der Waals surface area contributed by atoms with Crippen LogP contribution < -0.4 is 5.32 Å². The molecule has 1 heterocycles. The third-order valence-electron chi connectivity index (χ3n) is 2.76. The highest BCUT2D eigenvalue weighted by Gasteiger charge is 2.34. The van der Waals surface area contributed by atoms with E-state index in [9.17, 15) is 14.4 Å². The van der Waals surface area contributed by atoms with Crippen molar-refractivity contribution in [2.45, 2.75) is 12.8 Å². The Labute approximate surface area is 118 Å². The van der Waals surface area contributed by atoms with Crippen LogP contribution in [0.1, 0.15) is 12.8 Å². The normalized spacial score (nSPS) is 13.1. The lowest BCUT2D eigenvalue weighted by Crippen LogP contribution is -2.35. The van der Waals surface area contributed by atoms with Crippen LogP contribution in [0.5, 0.6) is 0 Å². The molecule has 10 nitrogen and oxygen atoms in total. The zero-order chi connectivity index (χ0) is 15.8. The van der Waals surface area contributed by atoms with Crippen LogP contribution in [0.3, 0.4) is 0 Å². The Morgan fingerprint density at radius 1 is 1.05 bits per heavy atom. The molecule has 114 valence electrons. The van der Waals surface area contributed by atoms with Crippen molar-refractivity contribution in [1.82, 2.24) is 15.0 Å². The molecule has 0 aliphatic rings. The van der Waals surface area contributed by atoms with Gasteiger partial charge in [0.05, 0.1) is 11.8 Å². The largest absolute Gasteiger partial charge is 0.481 e. The zero-order valence-electron chi connectivity index (χ0n) is 10.8. The fraction of sp³-hybridized carbons (Fsp3) is 0.455. The molecule has 2 atom stereocenters. The number of nitrogens with zero attached hydrogens (tertiary/aromatic N) is 3. The van der Waals surface area contributed by atoms with E-state index in [0.717, 1.165) is 0 Å². The quantitative estimate of drug-likeness (QED) is 0.469. The molecule has 0 aliphatic carbocycles. The molecule has 0 spiro atoms. The molecule has 0 aromatic carbocycles. The van der Waals surface area contributed by atoms with Crippen molar-refractivity contribution in [1.29, 1.82) is 0 Å². The number of carboxylic acids is 3. The van der Waals surface area contributed by atoms with E-state index in [1.807, 2.05) is 0 Å². The Morgan fingerprint density at radius 2 is 1.62 bits per heavy atom. The number of anilines is 1. The number of nitrogens with one attached hydrogen (secondary N) is 1. The average molecular weight is 298 g/mol. The van der Waals surface area contributed by atoms with Crippen LogP contribution in [-0.4, -0.2) is 54.7 Å². The minimum Gasteiger partial charge on any atom is -0.481 e. The molecule has 0 saturated carbocycles. The number of aromatic nitrogens is 3. The summed E-state index contributed by atoms with van der Waals surface area (Å²) in [5.74, 6) is -6.41.